The van der Waals surface area contributed by atoms with Crippen LogP contribution in [0.3, 0.4) is 0 Å². The van der Waals surface area contributed by atoms with Gasteiger partial charge >= 0.3 is 11.8 Å². The zero-order valence-electron chi connectivity index (χ0n) is 14.5. The number of rotatable bonds is 5. The number of carbonyl (C=O) groups excluding carboxylic acids is 2. The van der Waals surface area contributed by atoms with Gasteiger partial charge in [-0.15, -0.1) is 0 Å². The zero-order valence-corrected chi connectivity index (χ0v) is 14.5. The Bertz CT molecular complexity index is 804. The molecule has 0 spiro atoms. The first-order chi connectivity index (χ1) is 11.9. The Morgan fingerprint density at radius 3 is 2.52 bits per heavy atom. The molecule has 130 valence electrons. The SMILES string of the molecule is CN(C)C(CNC(=O)C(=O)Nc1ccccc1C#N)c1cccn1C. The Morgan fingerprint density at radius 1 is 1.20 bits per heavy atom. The summed E-state index contributed by atoms with van der Waals surface area (Å²) < 4.78 is 1.97. The molecule has 1 aromatic heterocycles. The van der Waals surface area contributed by atoms with E-state index in [0.717, 1.165) is 5.69 Å². The van der Waals surface area contributed by atoms with Crippen LogP contribution in [0, 0.1) is 11.3 Å². The van der Waals surface area contributed by atoms with E-state index in [0.29, 0.717) is 11.3 Å². The molecule has 2 rings (SSSR count). The van der Waals surface area contributed by atoms with Gasteiger partial charge in [0.1, 0.15) is 6.07 Å². The zero-order chi connectivity index (χ0) is 18.4. The lowest BCUT2D eigenvalue weighted by molar-refractivity contribution is -0.136. The predicted octanol–water partition coefficient (Wildman–Crippen LogP) is 1.25. The van der Waals surface area contributed by atoms with Gasteiger partial charge in [0.2, 0.25) is 0 Å². The van der Waals surface area contributed by atoms with Crippen LogP contribution >= 0.6 is 0 Å². The van der Waals surface area contributed by atoms with E-state index in [-0.39, 0.29) is 12.6 Å². The number of benzene rings is 1. The van der Waals surface area contributed by atoms with Gasteiger partial charge in [-0.2, -0.15) is 5.26 Å². The lowest BCUT2D eigenvalue weighted by Gasteiger charge is -2.25. The van der Waals surface area contributed by atoms with Crippen molar-refractivity contribution in [3.05, 3.63) is 53.9 Å². The molecule has 0 fully saturated rings. The van der Waals surface area contributed by atoms with E-state index in [4.69, 9.17) is 5.26 Å². The topological polar surface area (TPSA) is 90.2 Å². The predicted molar refractivity (Wildman–Crippen MR) is 94.6 cm³/mol. The van der Waals surface area contributed by atoms with Gasteiger partial charge in [0.25, 0.3) is 0 Å². The summed E-state index contributed by atoms with van der Waals surface area (Å²) in [6.07, 6.45) is 1.93. The summed E-state index contributed by atoms with van der Waals surface area (Å²) in [5, 5.41) is 14.1. The van der Waals surface area contributed by atoms with Crippen molar-refractivity contribution in [2.45, 2.75) is 6.04 Å². The number of hydrogen-bond donors (Lipinski definition) is 2. The summed E-state index contributed by atoms with van der Waals surface area (Å²) in [4.78, 5) is 26.1. The summed E-state index contributed by atoms with van der Waals surface area (Å²) in [5.41, 5.74) is 1.65. The third-order valence-electron chi connectivity index (χ3n) is 3.91. The van der Waals surface area contributed by atoms with Crippen molar-refractivity contribution in [3.8, 4) is 6.07 Å². The van der Waals surface area contributed by atoms with Crippen LogP contribution < -0.4 is 10.6 Å². The normalized spacial score (nSPS) is 11.6. The molecular formula is C18H21N5O2. The highest BCUT2D eigenvalue weighted by atomic mass is 16.2. The van der Waals surface area contributed by atoms with E-state index in [1.807, 2.05) is 55.0 Å². The van der Waals surface area contributed by atoms with Gasteiger partial charge < -0.3 is 15.2 Å². The smallest absolute Gasteiger partial charge is 0.313 e. The molecule has 1 heterocycles. The summed E-state index contributed by atoms with van der Waals surface area (Å²) in [5.74, 6) is -1.54. The highest BCUT2D eigenvalue weighted by Crippen LogP contribution is 2.17. The molecule has 0 aliphatic carbocycles. The Hall–Kier alpha value is -3.11. The van der Waals surface area contributed by atoms with Crippen LogP contribution in [0.1, 0.15) is 17.3 Å². The summed E-state index contributed by atoms with van der Waals surface area (Å²) in [6.45, 7) is 0.289. The lowest BCUT2D eigenvalue weighted by atomic mass is 10.2. The average molecular weight is 339 g/mol. The Kier molecular flexibility index (Phi) is 5.93. The standard InChI is InChI=1S/C18H21N5O2/c1-22(2)16(15-9-6-10-23(15)3)12-20-17(24)18(25)21-14-8-5-4-7-13(14)11-19/h4-10,16H,12H2,1-3H3,(H,20,24)(H,21,25). The minimum Gasteiger partial charge on any atom is -0.353 e. The third kappa shape index (κ3) is 4.46. The van der Waals surface area contributed by atoms with E-state index in [1.165, 1.54) is 0 Å². The number of para-hydroxylation sites is 1. The van der Waals surface area contributed by atoms with Crippen LogP contribution in [0.2, 0.25) is 0 Å². The van der Waals surface area contributed by atoms with Crippen molar-refractivity contribution in [2.75, 3.05) is 26.0 Å². The maximum Gasteiger partial charge on any atom is 0.313 e. The number of aromatic nitrogens is 1. The maximum absolute atomic E-state index is 12.1. The van der Waals surface area contributed by atoms with Crippen molar-refractivity contribution in [3.63, 3.8) is 0 Å². The van der Waals surface area contributed by atoms with Crippen molar-refractivity contribution in [2.24, 2.45) is 7.05 Å². The second kappa shape index (κ2) is 8.13. The minimum atomic E-state index is -0.799. The molecule has 2 amide bonds. The van der Waals surface area contributed by atoms with Crippen molar-refractivity contribution in [1.29, 1.82) is 5.26 Å². The van der Waals surface area contributed by atoms with Crippen LogP contribution in [-0.2, 0) is 16.6 Å². The number of likely N-dealkylation sites (N-methyl/N-ethyl adjacent to an activating group) is 1. The molecule has 0 aliphatic rings. The fourth-order valence-electron chi connectivity index (χ4n) is 2.51. The first kappa shape index (κ1) is 18.2. The number of nitrogens with zero attached hydrogens (tertiary/aromatic N) is 3. The third-order valence-corrected chi connectivity index (χ3v) is 3.91. The van der Waals surface area contributed by atoms with Gasteiger partial charge in [0.05, 0.1) is 17.3 Å². The molecular weight excluding hydrogens is 318 g/mol. The van der Waals surface area contributed by atoms with Crippen LogP contribution in [0.25, 0.3) is 0 Å². The van der Waals surface area contributed by atoms with Gasteiger partial charge in [-0.3, -0.25) is 14.5 Å². The number of aryl methyl sites for hydroxylation is 1. The molecule has 2 aromatic rings. The second-order valence-corrected chi connectivity index (χ2v) is 5.84. The van der Waals surface area contributed by atoms with Crippen molar-refractivity contribution >= 4 is 17.5 Å². The molecule has 2 N–H and O–H groups in total. The molecule has 7 heteroatoms. The minimum absolute atomic E-state index is 0.0665. The van der Waals surface area contributed by atoms with Gasteiger partial charge in [-0.25, -0.2) is 0 Å². The molecule has 25 heavy (non-hydrogen) atoms. The Balaban J connectivity index is 2.00. The molecule has 7 nitrogen and oxygen atoms in total. The van der Waals surface area contributed by atoms with Crippen molar-refractivity contribution in [1.82, 2.24) is 14.8 Å². The molecule has 1 unspecified atom stereocenters. The number of amides is 2. The van der Waals surface area contributed by atoms with E-state index in [9.17, 15) is 9.59 Å². The van der Waals surface area contributed by atoms with Gasteiger partial charge in [-0.05, 0) is 38.4 Å². The molecule has 0 aliphatic heterocycles. The average Bonchev–Trinajstić information content (AvgIpc) is 3.01. The number of carbonyl (C=O) groups is 2. The monoisotopic (exact) mass is 339 g/mol. The van der Waals surface area contributed by atoms with E-state index in [1.54, 1.807) is 24.3 Å². The fraction of sp³-hybridized carbons (Fsp3) is 0.278. The lowest BCUT2D eigenvalue weighted by Crippen LogP contribution is -2.40. The fourth-order valence-corrected chi connectivity index (χ4v) is 2.51. The van der Waals surface area contributed by atoms with Crippen molar-refractivity contribution < 1.29 is 9.59 Å². The highest BCUT2D eigenvalue weighted by Gasteiger charge is 2.20. The summed E-state index contributed by atoms with van der Waals surface area (Å²) in [6, 6.07) is 12.3. The molecule has 1 atom stereocenters. The highest BCUT2D eigenvalue weighted by molar-refractivity contribution is 6.39. The number of nitrogens with one attached hydrogen (secondary N) is 2. The van der Waals surface area contributed by atoms with Crippen LogP contribution in [0.15, 0.2) is 42.6 Å². The van der Waals surface area contributed by atoms with E-state index < -0.39 is 11.8 Å². The Morgan fingerprint density at radius 2 is 1.92 bits per heavy atom. The van der Waals surface area contributed by atoms with Gasteiger partial charge in [0.15, 0.2) is 0 Å². The maximum atomic E-state index is 12.1. The quantitative estimate of drug-likeness (QED) is 0.802. The molecule has 0 bridgehead atoms. The number of hydrogen-bond acceptors (Lipinski definition) is 4. The van der Waals surface area contributed by atoms with Gasteiger partial charge in [0, 0.05) is 25.5 Å². The number of nitriles is 1. The Labute approximate surface area is 146 Å². The first-order valence-corrected chi connectivity index (χ1v) is 7.80. The molecule has 0 radical (unpaired) electrons. The molecule has 1 aromatic carbocycles. The molecule has 0 saturated heterocycles. The van der Waals surface area contributed by atoms with Crippen LogP contribution in [0.4, 0.5) is 5.69 Å². The van der Waals surface area contributed by atoms with E-state index >= 15 is 0 Å². The largest absolute Gasteiger partial charge is 0.353 e. The van der Waals surface area contributed by atoms with Crippen LogP contribution in [-0.4, -0.2) is 41.9 Å². The van der Waals surface area contributed by atoms with Gasteiger partial charge in [-0.1, -0.05) is 12.1 Å². The molecule has 0 saturated carbocycles. The summed E-state index contributed by atoms with van der Waals surface area (Å²) in [7, 11) is 5.75. The second-order valence-electron chi connectivity index (χ2n) is 5.84. The van der Waals surface area contributed by atoms with Crippen LogP contribution in [0.5, 0.6) is 0 Å². The first-order valence-electron chi connectivity index (χ1n) is 7.80. The number of anilines is 1. The van der Waals surface area contributed by atoms with E-state index in [2.05, 4.69) is 10.6 Å². The summed E-state index contributed by atoms with van der Waals surface area (Å²) >= 11 is 0.